The van der Waals surface area contributed by atoms with Gasteiger partial charge in [-0.25, -0.2) is 0 Å². The van der Waals surface area contributed by atoms with E-state index in [0.29, 0.717) is 12.0 Å². The smallest absolute Gasteiger partial charge is 0.188 e. The molecule has 0 spiro atoms. The maximum Gasteiger partial charge on any atom is 0.188 e. The van der Waals surface area contributed by atoms with E-state index in [9.17, 15) is 0 Å². The van der Waals surface area contributed by atoms with Crippen molar-refractivity contribution in [1.29, 1.82) is 0 Å². The number of nitrogens with one attached hydrogen (secondary N) is 1. The fraction of sp³-hybridized carbons (Fsp3) is 0.900. The van der Waals surface area contributed by atoms with Gasteiger partial charge in [0, 0.05) is 12.6 Å². The van der Waals surface area contributed by atoms with Crippen molar-refractivity contribution in [3.8, 4) is 0 Å². The molecular weight excluding hydrogens is 162 g/mol. The number of aliphatic imine (C=N–C) groups is 1. The van der Waals surface area contributed by atoms with Crippen LogP contribution in [0.25, 0.3) is 0 Å². The van der Waals surface area contributed by atoms with Gasteiger partial charge >= 0.3 is 0 Å². The number of guanidine groups is 1. The highest BCUT2D eigenvalue weighted by Crippen LogP contribution is 2.33. The predicted octanol–water partition coefficient (Wildman–Crippen LogP) is 1.49. The van der Waals surface area contributed by atoms with E-state index in [0.717, 1.165) is 18.9 Å². The third-order valence-corrected chi connectivity index (χ3v) is 2.28. The second kappa shape index (κ2) is 5.10. The van der Waals surface area contributed by atoms with E-state index in [2.05, 4.69) is 24.2 Å². The molecule has 3 heteroatoms. The molecule has 3 nitrogen and oxygen atoms in total. The Morgan fingerprint density at radius 1 is 1.62 bits per heavy atom. The van der Waals surface area contributed by atoms with E-state index in [1.54, 1.807) is 0 Å². The summed E-state index contributed by atoms with van der Waals surface area (Å²) in [6.07, 6.45) is 5.10. The molecule has 1 atom stereocenters. The summed E-state index contributed by atoms with van der Waals surface area (Å²) < 4.78 is 0. The quantitative estimate of drug-likeness (QED) is 0.501. The number of hydrogen-bond donors (Lipinski definition) is 2. The largest absolute Gasteiger partial charge is 0.370 e. The second-order valence-corrected chi connectivity index (χ2v) is 3.99. The summed E-state index contributed by atoms with van der Waals surface area (Å²) in [5.41, 5.74) is 5.70. The molecule has 0 radical (unpaired) electrons. The summed E-state index contributed by atoms with van der Waals surface area (Å²) >= 11 is 0. The van der Waals surface area contributed by atoms with Gasteiger partial charge in [0.05, 0.1) is 0 Å². The van der Waals surface area contributed by atoms with Crippen LogP contribution in [0, 0.1) is 5.92 Å². The van der Waals surface area contributed by atoms with E-state index >= 15 is 0 Å². The van der Waals surface area contributed by atoms with Gasteiger partial charge in [-0.3, -0.25) is 4.99 Å². The lowest BCUT2D eigenvalue weighted by Gasteiger charge is -2.13. The van der Waals surface area contributed by atoms with Gasteiger partial charge in [-0.2, -0.15) is 0 Å². The highest BCUT2D eigenvalue weighted by molar-refractivity contribution is 5.78. The predicted molar refractivity (Wildman–Crippen MR) is 56.7 cm³/mol. The minimum Gasteiger partial charge on any atom is -0.370 e. The van der Waals surface area contributed by atoms with Crippen LogP contribution >= 0.6 is 0 Å². The summed E-state index contributed by atoms with van der Waals surface area (Å²) in [6.45, 7) is 5.10. The molecule has 1 aliphatic carbocycles. The summed E-state index contributed by atoms with van der Waals surface area (Å²) in [7, 11) is 0. The highest BCUT2D eigenvalue weighted by Gasteiger charge is 2.23. The van der Waals surface area contributed by atoms with E-state index in [-0.39, 0.29) is 0 Å². The van der Waals surface area contributed by atoms with Crippen LogP contribution < -0.4 is 11.1 Å². The summed E-state index contributed by atoms with van der Waals surface area (Å²) in [5, 5.41) is 3.21. The summed E-state index contributed by atoms with van der Waals surface area (Å²) in [4.78, 5) is 4.19. The standard InChI is InChI=1S/C10H21N3/c1-3-6-12-10(11)13-8(2)7-9-4-5-9/h8-9H,3-7H2,1-2H3,(H3,11,12,13). The average Bonchev–Trinajstić information content (AvgIpc) is 2.84. The van der Waals surface area contributed by atoms with Crippen LogP contribution in [0.2, 0.25) is 0 Å². The van der Waals surface area contributed by atoms with E-state index in [1.807, 2.05) is 0 Å². The zero-order valence-corrected chi connectivity index (χ0v) is 8.71. The van der Waals surface area contributed by atoms with Gasteiger partial charge in [0.15, 0.2) is 5.96 Å². The molecule has 0 aromatic carbocycles. The van der Waals surface area contributed by atoms with Crippen molar-refractivity contribution in [2.24, 2.45) is 16.6 Å². The molecule has 0 aromatic rings. The molecule has 0 aliphatic heterocycles. The van der Waals surface area contributed by atoms with Crippen LogP contribution in [0.1, 0.15) is 39.5 Å². The van der Waals surface area contributed by atoms with Gasteiger partial charge in [0.25, 0.3) is 0 Å². The monoisotopic (exact) mass is 183 g/mol. The molecule has 1 aliphatic rings. The topological polar surface area (TPSA) is 50.4 Å². The molecule has 76 valence electrons. The van der Waals surface area contributed by atoms with Gasteiger partial charge in [-0.15, -0.1) is 0 Å². The van der Waals surface area contributed by atoms with Crippen LogP contribution in [0.4, 0.5) is 0 Å². The van der Waals surface area contributed by atoms with Crippen molar-refractivity contribution in [3.63, 3.8) is 0 Å². The Hall–Kier alpha value is -0.730. The third-order valence-electron chi connectivity index (χ3n) is 2.28. The molecular formula is C10H21N3. The van der Waals surface area contributed by atoms with Crippen LogP contribution in [-0.2, 0) is 0 Å². The third kappa shape index (κ3) is 4.76. The Labute approximate surface area is 80.8 Å². The van der Waals surface area contributed by atoms with Crippen LogP contribution in [0.5, 0.6) is 0 Å². The zero-order valence-electron chi connectivity index (χ0n) is 8.71. The average molecular weight is 183 g/mol. The Morgan fingerprint density at radius 3 is 2.85 bits per heavy atom. The van der Waals surface area contributed by atoms with Gasteiger partial charge in [-0.05, 0) is 25.7 Å². The van der Waals surface area contributed by atoms with Crippen molar-refractivity contribution in [2.75, 3.05) is 6.54 Å². The van der Waals surface area contributed by atoms with Crippen molar-refractivity contribution >= 4 is 5.96 Å². The fourth-order valence-electron chi connectivity index (χ4n) is 1.44. The van der Waals surface area contributed by atoms with Gasteiger partial charge in [-0.1, -0.05) is 19.8 Å². The molecule has 0 saturated heterocycles. The zero-order chi connectivity index (χ0) is 9.68. The molecule has 1 fully saturated rings. The van der Waals surface area contributed by atoms with Gasteiger partial charge < -0.3 is 11.1 Å². The Kier molecular flexibility index (Phi) is 4.06. The minimum absolute atomic E-state index is 0.480. The Morgan fingerprint density at radius 2 is 2.31 bits per heavy atom. The minimum atomic E-state index is 0.480. The maximum absolute atomic E-state index is 5.70. The van der Waals surface area contributed by atoms with Crippen molar-refractivity contribution < 1.29 is 0 Å². The number of nitrogens with zero attached hydrogens (tertiary/aromatic N) is 1. The first-order valence-corrected chi connectivity index (χ1v) is 5.28. The first-order valence-electron chi connectivity index (χ1n) is 5.28. The van der Waals surface area contributed by atoms with Crippen molar-refractivity contribution in [1.82, 2.24) is 5.32 Å². The van der Waals surface area contributed by atoms with E-state index in [1.165, 1.54) is 19.3 Å². The Bertz CT molecular complexity index is 173. The van der Waals surface area contributed by atoms with Gasteiger partial charge in [0.1, 0.15) is 0 Å². The first-order chi connectivity index (χ1) is 6.22. The summed E-state index contributed by atoms with van der Waals surface area (Å²) in [6, 6.07) is 0.480. The number of rotatable bonds is 5. The van der Waals surface area contributed by atoms with Crippen LogP contribution in [0.3, 0.4) is 0 Å². The molecule has 3 N–H and O–H groups in total. The molecule has 1 unspecified atom stereocenters. The number of hydrogen-bond acceptors (Lipinski definition) is 1. The SMILES string of the molecule is CCCN=C(N)NC(C)CC1CC1. The molecule has 1 rings (SSSR count). The van der Waals surface area contributed by atoms with Crippen molar-refractivity contribution in [3.05, 3.63) is 0 Å². The lowest BCUT2D eigenvalue weighted by Crippen LogP contribution is -2.38. The summed E-state index contributed by atoms with van der Waals surface area (Å²) in [5.74, 6) is 1.55. The molecule has 0 heterocycles. The van der Waals surface area contributed by atoms with Gasteiger partial charge in [0.2, 0.25) is 0 Å². The molecule has 0 bridgehead atoms. The first kappa shape index (κ1) is 10.4. The molecule has 13 heavy (non-hydrogen) atoms. The highest BCUT2D eigenvalue weighted by atomic mass is 15.1. The number of nitrogens with two attached hydrogens (primary N) is 1. The Balaban J connectivity index is 2.13. The maximum atomic E-state index is 5.70. The fourth-order valence-corrected chi connectivity index (χ4v) is 1.44. The molecule has 1 saturated carbocycles. The molecule has 0 aromatic heterocycles. The second-order valence-electron chi connectivity index (χ2n) is 3.99. The van der Waals surface area contributed by atoms with Crippen LogP contribution in [0.15, 0.2) is 4.99 Å². The van der Waals surface area contributed by atoms with E-state index in [4.69, 9.17) is 5.73 Å². The molecule has 0 amide bonds. The normalized spacial score (nSPS) is 20.0. The van der Waals surface area contributed by atoms with Crippen molar-refractivity contribution in [2.45, 2.75) is 45.6 Å². The lowest BCUT2D eigenvalue weighted by atomic mass is 10.2. The van der Waals surface area contributed by atoms with Crippen LogP contribution in [-0.4, -0.2) is 18.5 Å². The lowest BCUT2D eigenvalue weighted by molar-refractivity contribution is 0.560. The van der Waals surface area contributed by atoms with E-state index < -0.39 is 0 Å².